The SMILES string of the molecule is CNC(=O)c1ccccc1.O=C(N[C@@H](Cc1ccccc1)C(=O)N[C@@H]1C[C@H]2CC[C@@H](C1)N2Cc1ccc(Cl)cc1)c1ccccc1Nc1cccc(C(F)(F)F)c1. The number of para-hydroxylation sites is 1. The van der Waals surface area contributed by atoms with Gasteiger partial charge in [0.15, 0.2) is 0 Å². The Morgan fingerprint density at radius 1 is 0.754 bits per heavy atom. The van der Waals surface area contributed by atoms with Crippen LogP contribution in [0.5, 0.6) is 0 Å². The molecule has 8 nitrogen and oxygen atoms in total. The van der Waals surface area contributed by atoms with Crippen LogP contribution in [-0.2, 0) is 23.9 Å². The summed E-state index contributed by atoms with van der Waals surface area (Å²) < 4.78 is 39.9. The highest BCUT2D eigenvalue weighted by Crippen LogP contribution is 2.37. The Labute approximate surface area is 335 Å². The van der Waals surface area contributed by atoms with Gasteiger partial charge in [0.1, 0.15) is 6.04 Å². The minimum absolute atomic E-state index is 0.0218. The normalized spacial score (nSPS) is 18.0. The van der Waals surface area contributed by atoms with E-state index in [4.69, 9.17) is 11.6 Å². The Morgan fingerprint density at radius 2 is 1.39 bits per heavy atom. The van der Waals surface area contributed by atoms with E-state index in [9.17, 15) is 27.6 Å². The number of hydrogen-bond donors (Lipinski definition) is 4. The molecular weight excluding hydrogens is 751 g/mol. The van der Waals surface area contributed by atoms with Crippen molar-refractivity contribution in [1.82, 2.24) is 20.9 Å². The van der Waals surface area contributed by atoms with Crippen LogP contribution in [-0.4, -0.2) is 53.8 Å². The lowest BCUT2D eigenvalue weighted by molar-refractivity contribution is -0.137. The molecule has 57 heavy (non-hydrogen) atoms. The summed E-state index contributed by atoms with van der Waals surface area (Å²) in [6.45, 7) is 0.841. The van der Waals surface area contributed by atoms with Gasteiger partial charge in [-0.3, -0.25) is 19.3 Å². The van der Waals surface area contributed by atoms with Gasteiger partial charge in [0.25, 0.3) is 11.8 Å². The number of carbonyl (C=O) groups excluding carboxylic acids is 3. The predicted molar refractivity (Wildman–Crippen MR) is 217 cm³/mol. The van der Waals surface area contributed by atoms with Crippen molar-refractivity contribution < 1.29 is 27.6 Å². The molecule has 2 saturated heterocycles. The highest BCUT2D eigenvalue weighted by Gasteiger charge is 2.41. The van der Waals surface area contributed by atoms with Gasteiger partial charge in [-0.2, -0.15) is 13.2 Å². The fraction of sp³-hybridized carbons (Fsp3) is 0.267. The molecule has 0 aliphatic carbocycles. The standard InChI is InChI=1S/C37H36ClF3N4O2.C8H9NO/c38-27-15-13-25(14-16-27)23-45-30-17-18-31(45)22-29(21-30)43-36(47)34(19-24-7-2-1-3-8-24)44-35(46)32-11-4-5-12-33(32)42-28-10-6-9-26(20-28)37(39,40)41;1-9-8(10)7-5-3-2-4-6-7/h1-16,20,29-31,34,42H,17-19,21-23H2,(H,43,47)(H,44,46);2-6H,1H3,(H,9,10)/t29-,30-,31+,34-;/m0./s1. The van der Waals surface area contributed by atoms with Gasteiger partial charge in [0.05, 0.1) is 16.8 Å². The molecule has 2 heterocycles. The molecule has 2 aliphatic rings. The summed E-state index contributed by atoms with van der Waals surface area (Å²) in [4.78, 5) is 41.0. The topological polar surface area (TPSA) is 103 Å². The first-order valence-electron chi connectivity index (χ1n) is 18.9. The first-order chi connectivity index (χ1) is 27.5. The van der Waals surface area contributed by atoms with Crippen molar-refractivity contribution in [2.24, 2.45) is 0 Å². The van der Waals surface area contributed by atoms with E-state index >= 15 is 0 Å². The van der Waals surface area contributed by atoms with Crippen molar-refractivity contribution in [3.8, 4) is 0 Å². The summed E-state index contributed by atoms with van der Waals surface area (Å²) in [5, 5.41) is 12.4. The predicted octanol–water partition coefficient (Wildman–Crippen LogP) is 8.80. The molecule has 0 radical (unpaired) electrons. The van der Waals surface area contributed by atoms with E-state index in [2.05, 4.69) is 38.3 Å². The highest BCUT2D eigenvalue weighted by atomic mass is 35.5. The largest absolute Gasteiger partial charge is 0.416 e. The van der Waals surface area contributed by atoms with Gasteiger partial charge in [-0.25, -0.2) is 0 Å². The zero-order valence-corrected chi connectivity index (χ0v) is 32.2. The summed E-state index contributed by atoms with van der Waals surface area (Å²) in [7, 11) is 1.62. The zero-order valence-electron chi connectivity index (χ0n) is 31.4. The number of halogens is 4. The van der Waals surface area contributed by atoms with E-state index in [-0.39, 0.29) is 35.5 Å². The van der Waals surface area contributed by atoms with Crippen molar-refractivity contribution in [2.75, 3.05) is 12.4 Å². The fourth-order valence-corrected chi connectivity index (χ4v) is 7.63. The first-order valence-corrected chi connectivity index (χ1v) is 19.3. The van der Waals surface area contributed by atoms with Crippen LogP contribution < -0.4 is 21.3 Å². The van der Waals surface area contributed by atoms with Crippen molar-refractivity contribution >= 4 is 40.7 Å². The Bertz CT molecular complexity index is 2100. The summed E-state index contributed by atoms with van der Waals surface area (Å²) in [6.07, 6.45) is -0.421. The van der Waals surface area contributed by atoms with Gasteiger partial charge < -0.3 is 21.3 Å². The molecule has 5 aromatic carbocycles. The van der Waals surface area contributed by atoms with Crippen molar-refractivity contribution in [2.45, 2.75) is 69.0 Å². The second kappa shape index (κ2) is 19.0. The molecular formula is C45H45ClF3N5O3. The zero-order chi connectivity index (χ0) is 40.4. The lowest BCUT2D eigenvalue weighted by Crippen LogP contribution is -2.55. The Hall–Kier alpha value is -5.65. The Balaban J connectivity index is 0.000000479. The Morgan fingerprint density at radius 3 is 2.04 bits per heavy atom. The molecule has 0 unspecified atom stereocenters. The summed E-state index contributed by atoms with van der Waals surface area (Å²) >= 11 is 6.08. The molecule has 12 heteroatoms. The molecule has 296 valence electrons. The van der Waals surface area contributed by atoms with Crippen LogP contribution >= 0.6 is 11.6 Å². The lowest BCUT2D eigenvalue weighted by atomic mass is 9.95. The minimum Gasteiger partial charge on any atom is -0.355 e. The number of hydrogen-bond acceptors (Lipinski definition) is 5. The number of carbonyl (C=O) groups is 3. The van der Waals surface area contributed by atoms with Gasteiger partial charge in [0.2, 0.25) is 5.91 Å². The van der Waals surface area contributed by atoms with Crippen molar-refractivity contribution in [3.05, 3.63) is 166 Å². The summed E-state index contributed by atoms with van der Waals surface area (Å²) in [5.41, 5.74) is 2.73. The van der Waals surface area contributed by atoms with Crippen LogP contribution in [0.15, 0.2) is 133 Å². The van der Waals surface area contributed by atoms with Gasteiger partial charge in [-0.1, -0.05) is 90.5 Å². The monoisotopic (exact) mass is 795 g/mol. The third-order valence-corrected chi connectivity index (χ3v) is 10.6. The minimum atomic E-state index is -4.50. The first kappa shape index (κ1) is 41.0. The highest BCUT2D eigenvalue weighted by molar-refractivity contribution is 6.30. The van der Waals surface area contributed by atoms with Crippen LogP contribution in [0.4, 0.5) is 24.5 Å². The number of benzene rings is 5. The molecule has 3 amide bonds. The van der Waals surface area contributed by atoms with Gasteiger partial charge >= 0.3 is 6.18 Å². The van der Waals surface area contributed by atoms with Crippen LogP contribution in [0.25, 0.3) is 0 Å². The van der Waals surface area contributed by atoms with Gasteiger partial charge in [0, 0.05) is 54.4 Å². The number of alkyl halides is 3. The van der Waals surface area contributed by atoms with E-state index in [0.29, 0.717) is 28.4 Å². The molecule has 4 atom stereocenters. The average Bonchev–Trinajstić information content (AvgIpc) is 3.44. The van der Waals surface area contributed by atoms with Crippen molar-refractivity contribution in [1.29, 1.82) is 0 Å². The second-order valence-corrected chi connectivity index (χ2v) is 14.7. The van der Waals surface area contributed by atoms with E-state index in [1.807, 2.05) is 60.7 Å². The average molecular weight is 796 g/mol. The molecule has 2 aliphatic heterocycles. The second-order valence-electron chi connectivity index (χ2n) is 14.3. The van der Waals surface area contributed by atoms with Crippen LogP contribution in [0.2, 0.25) is 5.02 Å². The molecule has 5 aromatic rings. The van der Waals surface area contributed by atoms with E-state index in [0.717, 1.165) is 49.9 Å². The van der Waals surface area contributed by atoms with E-state index in [1.54, 1.807) is 43.4 Å². The van der Waals surface area contributed by atoms with Gasteiger partial charge in [-0.05, 0) is 91.4 Å². The van der Waals surface area contributed by atoms with Crippen LogP contribution in [0.1, 0.15) is 63.1 Å². The quantitative estimate of drug-likeness (QED) is 0.107. The fourth-order valence-electron chi connectivity index (χ4n) is 7.50. The third kappa shape index (κ3) is 11.2. The molecule has 2 bridgehead atoms. The maximum Gasteiger partial charge on any atom is 0.416 e. The number of amides is 3. The summed E-state index contributed by atoms with van der Waals surface area (Å²) in [6, 6.07) is 37.7. The number of piperidine rings is 1. The lowest BCUT2D eigenvalue weighted by Gasteiger charge is -2.39. The number of nitrogens with one attached hydrogen (secondary N) is 4. The van der Waals surface area contributed by atoms with E-state index < -0.39 is 23.7 Å². The summed E-state index contributed by atoms with van der Waals surface area (Å²) in [5.74, 6) is -0.810. The van der Waals surface area contributed by atoms with E-state index in [1.165, 1.54) is 17.7 Å². The maximum atomic E-state index is 13.9. The smallest absolute Gasteiger partial charge is 0.355 e. The number of nitrogens with zero attached hydrogens (tertiary/aromatic N) is 1. The van der Waals surface area contributed by atoms with Crippen LogP contribution in [0, 0.1) is 0 Å². The Kier molecular flexibility index (Phi) is 13.7. The molecule has 2 fully saturated rings. The molecule has 0 spiro atoms. The maximum absolute atomic E-state index is 13.9. The molecule has 7 rings (SSSR count). The molecule has 0 aromatic heterocycles. The number of rotatable bonds is 11. The molecule has 4 N–H and O–H groups in total. The van der Waals surface area contributed by atoms with Crippen LogP contribution in [0.3, 0.4) is 0 Å². The third-order valence-electron chi connectivity index (χ3n) is 10.3. The van der Waals surface area contributed by atoms with Gasteiger partial charge in [-0.15, -0.1) is 0 Å². The number of fused-ring (bicyclic) bond motifs is 2. The van der Waals surface area contributed by atoms with Crippen molar-refractivity contribution in [3.63, 3.8) is 0 Å². The number of anilines is 2. The molecule has 0 saturated carbocycles.